The SMILES string of the molecule is C[C@]1(C(=O)NO)COCCN1S(=O)(=O)c1ccc(OCc2nc3cc(C(F)(F)F)ccc3s2)cc1. The van der Waals surface area contributed by atoms with E-state index in [4.69, 9.17) is 14.7 Å². The number of benzene rings is 2. The molecule has 1 aliphatic rings. The van der Waals surface area contributed by atoms with Gasteiger partial charge in [-0.3, -0.25) is 10.0 Å². The summed E-state index contributed by atoms with van der Waals surface area (Å²) in [5.41, 5.74) is -0.726. The third kappa shape index (κ3) is 4.97. The van der Waals surface area contributed by atoms with Crippen LogP contribution in [0.2, 0.25) is 0 Å². The van der Waals surface area contributed by atoms with Crippen LogP contribution in [-0.2, 0) is 32.3 Å². The number of nitrogens with one attached hydrogen (secondary N) is 1. The highest BCUT2D eigenvalue weighted by atomic mass is 32.2. The normalized spacial score (nSPS) is 19.6. The Morgan fingerprint density at radius 3 is 2.66 bits per heavy atom. The molecule has 1 aliphatic heterocycles. The van der Waals surface area contributed by atoms with Gasteiger partial charge in [-0.1, -0.05) is 0 Å². The maximum absolute atomic E-state index is 13.2. The van der Waals surface area contributed by atoms with E-state index < -0.39 is 33.2 Å². The molecule has 4 rings (SSSR count). The summed E-state index contributed by atoms with van der Waals surface area (Å²) in [6.45, 7) is 1.10. The Balaban J connectivity index is 1.48. The Labute approximate surface area is 202 Å². The van der Waals surface area contributed by atoms with E-state index in [-0.39, 0.29) is 36.8 Å². The van der Waals surface area contributed by atoms with Gasteiger partial charge in [-0.15, -0.1) is 11.3 Å². The number of nitrogens with zero attached hydrogens (tertiary/aromatic N) is 2. The number of aromatic nitrogens is 1. The van der Waals surface area contributed by atoms with Gasteiger partial charge in [0.1, 0.15) is 22.9 Å². The molecular formula is C21H20F3N3O6S2. The standard InChI is InChI=1S/C21H20F3N3O6S2/c1-20(19(28)26-29)12-32-9-8-27(20)35(30,31)15-5-3-14(4-6-15)33-11-18-25-16-10-13(21(22,23)24)2-7-17(16)34-18/h2-7,10,29H,8-9,11-12H2,1H3,(H,26,28)/t20-/m1/s1. The predicted octanol–water partition coefficient (Wildman–Crippen LogP) is 3.18. The zero-order valence-electron chi connectivity index (χ0n) is 18.2. The molecule has 3 aromatic rings. The number of fused-ring (bicyclic) bond motifs is 1. The number of amides is 1. The van der Waals surface area contributed by atoms with Crippen molar-refractivity contribution >= 4 is 37.5 Å². The van der Waals surface area contributed by atoms with Crippen LogP contribution in [0, 0.1) is 0 Å². The molecule has 0 aliphatic carbocycles. The highest BCUT2D eigenvalue weighted by molar-refractivity contribution is 7.89. The Hall–Kier alpha value is -2.78. The summed E-state index contributed by atoms with van der Waals surface area (Å²) in [6, 6.07) is 8.79. The van der Waals surface area contributed by atoms with Gasteiger partial charge in [-0.05, 0) is 49.4 Å². The first kappa shape index (κ1) is 25.3. The quantitative estimate of drug-likeness (QED) is 0.371. The van der Waals surface area contributed by atoms with E-state index in [2.05, 4.69) is 4.98 Å². The number of thiazole rings is 1. The number of morpholine rings is 1. The number of carbonyl (C=O) groups excluding carboxylic acids is 1. The molecule has 2 heterocycles. The van der Waals surface area contributed by atoms with Crippen molar-refractivity contribution in [2.75, 3.05) is 19.8 Å². The number of hydroxylamine groups is 1. The van der Waals surface area contributed by atoms with Gasteiger partial charge in [0.05, 0.1) is 33.9 Å². The number of alkyl halides is 3. The maximum atomic E-state index is 13.2. The second kappa shape index (κ2) is 9.35. The number of hydrogen-bond acceptors (Lipinski definition) is 8. The average molecular weight is 532 g/mol. The van der Waals surface area contributed by atoms with Crippen molar-refractivity contribution < 1.29 is 41.1 Å². The van der Waals surface area contributed by atoms with Crippen LogP contribution in [0.1, 0.15) is 17.5 Å². The fourth-order valence-electron chi connectivity index (χ4n) is 3.62. The van der Waals surface area contributed by atoms with Gasteiger partial charge in [0, 0.05) is 6.54 Å². The lowest BCUT2D eigenvalue weighted by atomic mass is 10.0. The zero-order chi connectivity index (χ0) is 25.4. The lowest BCUT2D eigenvalue weighted by Crippen LogP contribution is -2.64. The number of halogens is 3. The van der Waals surface area contributed by atoms with Crippen LogP contribution < -0.4 is 10.2 Å². The van der Waals surface area contributed by atoms with Gasteiger partial charge in [-0.2, -0.15) is 17.5 Å². The van der Waals surface area contributed by atoms with Crippen molar-refractivity contribution in [3.8, 4) is 5.75 Å². The number of carbonyl (C=O) groups is 1. The summed E-state index contributed by atoms with van der Waals surface area (Å²) in [5, 5.41) is 9.50. The van der Waals surface area contributed by atoms with Gasteiger partial charge in [-0.25, -0.2) is 18.9 Å². The molecule has 2 aromatic carbocycles. The fourth-order valence-corrected chi connectivity index (χ4v) is 6.19. The fraction of sp³-hybridized carbons (Fsp3) is 0.333. The minimum atomic E-state index is -4.46. The van der Waals surface area contributed by atoms with Crippen molar-refractivity contribution in [2.45, 2.75) is 30.1 Å². The minimum absolute atomic E-state index is 0.0228. The molecule has 0 radical (unpaired) electrons. The first-order valence-corrected chi connectivity index (χ1v) is 12.5. The van der Waals surface area contributed by atoms with Gasteiger partial charge in [0.2, 0.25) is 10.0 Å². The summed E-state index contributed by atoms with van der Waals surface area (Å²) in [6.07, 6.45) is -4.46. The minimum Gasteiger partial charge on any atom is -0.486 e. The Morgan fingerprint density at radius 2 is 2.00 bits per heavy atom. The smallest absolute Gasteiger partial charge is 0.416 e. The highest BCUT2D eigenvalue weighted by Gasteiger charge is 2.48. The lowest BCUT2D eigenvalue weighted by molar-refractivity contribution is -0.146. The second-order valence-corrected chi connectivity index (χ2v) is 10.9. The molecule has 9 nitrogen and oxygen atoms in total. The Kier molecular flexibility index (Phi) is 6.76. The molecule has 0 spiro atoms. The third-order valence-electron chi connectivity index (χ3n) is 5.50. The third-order valence-corrected chi connectivity index (χ3v) is 8.54. The summed E-state index contributed by atoms with van der Waals surface area (Å²) in [7, 11) is -4.12. The molecule has 1 aromatic heterocycles. The van der Waals surface area contributed by atoms with Gasteiger partial charge in [0.25, 0.3) is 5.91 Å². The lowest BCUT2D eigenvalue weighted by Gasteiger charge is -2.41. The zero-order valence-corrected chi connectivity index (χ0v) is 19.8. The average Bonchev–Trinajstić information content (AvgIpc) is 3.24. The molecule has 14 heteroatoms. The van der Waals surface area contributed by atoms with E-state index in [1.54, 1.807) is 0 Å². The summed E-state index contributed by atoms with van der Waals surface area (Å²) >= 11 is 1.19. The molecule has 2 N–H and O–H groups in total. The molecular weight excluding hydrogens is 511 g/mol. The van der Waals surface area contributed by atoms with Crippen molar-refractivity contribution in [1.29, 1.82) is 0 Å². The first-order chi connectivity index (χ1) is 16.4. The van der Waals surface area contributed by atoms with Crippen molar-refractivity contribution in [2.24, 2.45) is 0 Å². The number of sulfonamides is 1. The topological polar surface area (TPSA) is 118 Å². The van der Waals surface area contributed by atoms with E-state index in [1.165, 1.54) is 54.1 Å². The molecule has 1 atom stereocenters. The summed E-state index contributed by atoms with van der Waals surface area (Å²) in [4.78, 5) is 16.2. The molecule has 0 unspecified atom stereocenters. The molecule has 0 saturated carbocycles. The van der Waals surface area contributed by atoms with Crippen molar-refractivity contribution in [1.82, 2.24) is 14.8 Å². The number of rotatable bonds is 6. The van der Waals surface area contributed by atoms with Crippen molar-refractivity contribution in [3.63, 3.8) is 0 Å². The van der Waals surface area contributed by atoms with Crippen LogP contribution >= 0.6 is 11.3 Å². The second-order valence-electron chi connectivity index (χ2n) is 7.89. The Morgan fingerprint density at radius 1 is 1.29 bits per heavy atom. The van der Waals surface area contributed by atoms with Crippen LogP contribution in [0.25, 0.3) is 10.2 Å². The Bertz CT molecular complexity index is 1340. The molecule has 0 bridgehead atoms. The number of hydrogen-bond donors (Lipinski definition) is 2. The molecule has 188 valence electrons. The van der Waals surface area contributed by atoms with Crippen LogP contribution in [0.5, 0.6) is 5.75 Å². The van der Waals surface area contributed by atoms with Crippen LogP contribution in [-0.4, -0.2) is 54.1 Å². The van der Waals surface area contributed by atoms with E-state index in [1.807, 2.05) is 0 Å². The predicted molar refractivity (Wildman–Crippen MR) is 118 cm³/mol. The summed E-state index contributed by atoms with van der Waals surface area (Å²) in [5.74, 6) is -0.601. The van der Waals surface area contributed by atoms with E-state index in [0.717, 1.165) is 16.4 Å². The van der Waals surface area contributed by atoms with Crippen LogP contribution in [0.15, 0.2) is 47.4 Å². The molecule has 1 amide bonds. The van der Waals surface area contributed by atoms with Crippen molar-refractivity contribution in [3.05, 3.63) is 53.0 Å². The first-order valence-electron chi connectivity index (χ1n) is 10.2. The highest BCUT2D eigenvalue weighted by Crippen LogP contribution is 2.33. The van der Waals surface area contributed by atoms with E-state index >= 15 is 0 Å². The monoisotopic (exact) mass is 531 g/mol. The molecule has 1 fully saturated rings. The van der Waals surface area contributed by atoms with Gasteiger partial charge >= 0.3 is 6.18 Å². The van der Waals surface area contributed by atoms with Gasteiger partial charge in [0.15, 0.2) is 0 Å². The van der Waals surface area contributed by atoms with Crippen LogP contribution in [0.3, 0.4) is 0 Å². The van der Waals surface area contributed by atoms with E-state index in [0.29, 0.717) is 15.5 Å². The molecule has 35 heavy (non-hydrogen) atoms. The van der Waals surface area contributed by atoms with Crippen LogP contribution in [0.4, 0.5) is 13.2 Å². The molecule has 1 saturated heterocycles. The summed E-state index contributed by atoms with van der Waals surface area (Å²) < 4.78 is 77.5. The van der Waals surface area contributed by atoms with Gasteiger partial charge < -0.3 is 9.47 Å². The largest absolute Gasteiger partial charge is 0.486 e. The maximum Gasteiger partial charge on any atom is 0.416 e. The number of ether oxygens (including phenoxy) is 2. The van der Waals surface area contributed by atoms with E-state index in [9.17, 15) is 26.4 Å².